The standard InChI is InChI=1S/C13H15N3O3/c14-8-9-5-6-10(7-12(9)16(17)18)19-13-4-2-1-3-11(13)15/h5-7,11,13H,1-4,15H2. The quantitative estimate of drug-likeness (QED) is 0.663. The molecule has 1 aromatic carbocycles. The highest BCUT2D eigenvalue weighted by atomic mass is 16.6. The van der Waals surface area contributed by atoms with Crippen molar-refractivity contribution in [2.24, 2.45) is 5.73 Å². The fourth-order valence-corrected chi connectivity index (χ4v) is 2.28. The number of hydrogen-bond acceptors (Lipinski definition) is 5. The molecule has 2 atom stereocenters. The van der Waals surface area contributed by atoms with Gasteiger partial charge in [-0.3, -0.25) is 10.1 Å². The molecule has 2 N–H and O–H groups in total. The van der Waals surface area contributed by atoms with E-state index in [1.807, 2.05) is 0 Å². The van der Waals surface area contributed by atoms with Gasteiger partial charge < -0.3 is 10.5 Å². The van der Waals surface area contributed by atoms with E-state index in [0.717, 1.165) is 25.7 Å². The summed E-state index contributed by atoms with van der Waals surface area (Å²) in [6.45, 7) is 0. The minimum Gasteiger partial charge on any atom is -0.489 e. The highest BCUT2D eigenvalue weighted by molar-refractivity contribution is 5.52. The second-order valence-electron chi connectivity index (χ2n) is 4.65. The van der Waals surface area contributed by atoms with Crippen molar-refractivity contribution in [1.29, 1.82) is 5.26 Å². The molecule has 0 radical (unpaired) electrons. The molecule has 0 spiro atoms. The molecule has 0 aliphatic heterocycles. The average molecular weight is 261 g/mol. The fourth-order valence-electron chi connectivity index (χ4n) is 2.28. The third-order valence-corrected chi connectivity index (χ3v) is 3.33. The second kappa shape index (κ2) is 5.67. The Bertz CT molecular complexity index is 524. The first-order valence-electron chi connectivity index (χ1n) is 6.22. The van der Waals surface area contributed by atoms with Crippen molar-refractivity contribution in [1.82, 2.24) is 0 Å². The molecule has 1 aliphatic rings. The maximum atomic E-state index is 10.9. The molecule has 19 heavy (non-hydrogen) atoms. The van der Waals surface area contributed by atoms with E-state index in [0.29, 0.717) is 5.75 Å². The zero-order valence-electron chi connectivity index (χ0n) is 10.4. The van der Waals surface area contributed by atoms with Crippen molar-refractivity contribution < 1.29 is 9.66 Å². The lowest BCUT2D eigenvalue weighted by Gasteiger charge is -2.29. The van der Waals surface area contributed by atoms with Crippen molar-refractivity contribution in [2.75, 3.05) is 0 Å². The molecule has 0 amide bonds. The van der Waals surface area contributed by atoms with Crippen LogP contribution in [0.1, 0.15) is 31.2 Å². The Hall–Kier alpha value is -2.13. The molecule has 2 unspecified atom stereocenters. The topological polar surface area (TPSA) is 102 Å². The molecule has 0 aromatic heterocycles. The number of nitrogens with zero attached hydrogens (tertiary/aromatic N) is 2. The smallest absolute Gasteiger partial charge is 0.290 e. The van der Waals surface area contributed by atoms with Crippen LogP contribution in [0.5, 0.6) is 5.75 Å². The molecule has 6 heteroatoms. The van der Waals surface area contributed by atoms with Gasteiger partial charge in [0.25, 0.3) is 5.69 Å². The Kier molecular flexibility index (Phi) is 3.97. The third kappa shape index (κ3) is 3.01. The van der Waals surface area contributed by atoms with Crippen molar-refractivity contribution >= 4 is 5.69 Å². The maximum Gasteiger partial charge on any atom is 0.290 e. The first-order valence-corrected chi connectivity index (χ1v) is 6.22. The monoisotopic (exact) mass is 261 g/mol. The maximum absolute atomic E-state index is 10.9. The Balaban J connectivity index is 2.19. The summed E-state index contributed by atoms with van der Waals surface area (Å²) in [5.41, 5.74) is 5.77. The predicted octanol–water partition coefficient (Wildman–Crippen LogP) is 2.12. The first kappa shape index (κ1) is 13.3. The van der Waals surface area contributed by atoms with Crippen LogP contribution in [-0.2, 0) is 0 Å². The number of benzene rings is 1. The Morgan fingerprint density at radius 1 is 1.42 bits per heavy atom. The lowest BCUT2D eigenvalue weighted by atomic mass is 9.93. The summed E-state index contributed by atoms with van der Waals surface area (Å²) in [4.78, 5) is 10.3. The van der Waals surface area contributed by atoms with Crippen LogP contribution < -0.4 is 10.5 Å². The molecule has 1 aromatic rings. The predicted molar refractivity (Wildman–Crippen MR) is 68.7 cm³/mol. The van der Waals surface area contributed by atoms with E-state index < -0.39 is 4.92 Å². The van der Waals surface area contributed by atoms with Crippen molar-refractivity contribution in [3.05, 3.63) is 33.9 Å². The summed E-state index contributed by atoms with van der Waals surface area (Å²) in [5, 5.41) is 19.7. The zero-order chi connectivity index (χ0) is 13.8. The van der Waals surface area contributed by atoms with Crippen LogP contribution in [-0.4, -0.2) is 17.1 Å². The van der Waals surface area contributed by atoms with Gasteiger partial charge in [-0.1, -0.05) is 6.42 Å². The fraction of sp³-hybridized carbons (Fsp3) is 0.462. The van der Waals surface area contributed by atoms with E-state index in [-0.39, 0.29) is 23.4 Å². The van der Waals surface area contributed by atoms with Gasteiger partial charge in [0.2, 0.25) is 0 Å². The number of nitrogens with two attached hydrogens (primary N) is 1. The van der Waals surface area contributed by atoms with Gasteiger partial charge in [0, 0.05) is 6.04 Å². The van der Waals surface area contributed by atoms with Crippen LogP contribution in [0.25, 0.3) is 0 Å². The van der Waals surface area contributed by atoms with Crippen LogP contribution in [0, 0.1) is 21.4 Å². The average Bonchev–Trinajstić information content (AvgIpc) is 2.41. The Morgan fingerprint density at radius 2 is 2.16 bits per heavy atom. The largest absolute Gasteiger partial charge is 0.489 e. The van der Waals surface area contributed by atoms with E-state index in [1.54, 1.807) is 12.1 Å². The van der Waals surface area contributed by atoms with Gasteiger partial charge in [-0.25, -0.2) is 0 Å². The first-order chi connectivity index (χ1) is 9.11. The van der Waals surface area contributed by atoms with E-state index in [2.05, 4.69) is 0 Å². The summed E-state index contributed by atoms with van der Waals surface area (Å²) in [7, 11) is 0. The highest BCUT2D eigenvalue weighted by Gasteiger charge is 2.24. The summed E-state index contributed by atoms with van der Waals surface area (Å²) < 4.78 is 5.72. The van der Waals surface area contributed by atoms with E-state index in [9.17, 15) is 10.1 Å². The van der Waals surface area contributed by atoms with Crippen LogP contribution >= 0.6 is 0 Å². The Morgan fingerprint density at radius 3 is 2.79 bits per heavy atom. The van der Waals surface area contributed by atoms with Crippen molar-refractivity contribution in [2.45, 2.75) is 37.8 Å². The summed E-state index contributed by atoms with van der Waals surface area (Å²) in [6.07, 6.45) is 3.80. The molecule has 0 heterocycles. The van der Waals surface area contributed by atoms with E-state index in [1.165, 1.54) is 12.1 Å². The molecule has 0 saturated heterocycles. The molecular weight excluding hydrogens is 246 g/mol. The molecule has 1 aliphatic carbocycles. The molecule has 100 valence electrons. The highest BCUT2D eigenvalue weighted by Crippen LogP contribution is 2.27. The van der Waals surface area contributed by atoms with Gasteiger partial charge >= 0.3 is 0 Å². The summed E-state index contributed by atoms with van der Waals surface area (Å²) in [6, 6.07) is 6.03. The molecule has 1 fully saturated rings. The van der Waals surface area contributed by atoms with Gasteiger partial charge in [0.1, 0.15) is 23.5 Å². The molecule has 0 bridgehead atoms. The van der Waals surface area contributed by atoms with E-state index >= 15 is 0 Å². The minimum atomic E-state index is -0.577. The van der Waals surface area contributed by atoms with Crippen molar-refractivity contribution in [3.8, 4) is 11.8 Å². The van der Waals surface area contributed by atoms with Crippen molar-refractivity contribution in [3.63, 3.8) is 0 Å². The SMILES string of the molecule is N#Cc1ccc(OC2CCCCC2N)cc1[N+](=O)[O-]. The minimum absolute atomic E-state index is 0.0327. The molecule has 6 nitrogen and oxygen atoms in total. The number of rotatable bonds is 3. The lowest BCUT2D eigenvalue weighted by Crippen LogP contribution is -2.41. The number of hydrogen-bond donors (Lipinski definition) is 1. The second-order valence-corrected chi connectivity index (χ2v) is 4.65. The van der Waals surface area contributed by atoms with Crippen LogP contribution in [0.2, 0.25) is 0 Å². The van der Waals surface area contributed by atoms with Gasteiger partial charge in [-0.05, 0) is 31.4 Å². The zero-order valence-corrected chi connectivity index (χ0v) is 10.4. The number of nitro benzene ring substituents is 1. The molecular formula is C13H15N3O3. The van der Waals surface area contributed by atoms with Crippen LogP contribution in [0.3, 0.4) is 0 Å². The van der Waals surface area contributed by atoms with Crippen LogP contribution in [0.15, 0.2) is 18.2 Å². The third-order valence-electron chi connectivity index (χ3n) is 3.33. The van der Waals surface area contributed by atoms with Crippen LogP contribution in [0.4, 0.5) is 5.69 Å². The van der Waals surface area contributed by atoms with Gasteiger partial charge in [-0.2, -0.15) is 5.26 Å². The molecule has 2 rings (SSSR count). The summed E-state index contributed by atoms with van der Waals surface area (Å²) >= 11 is 0. The van der Waals surface area contributed by atoms with Gasteiger partial charge in [-0.15, -0.1) is 0 Å². The summed E-state index contributed by atoms with van der Waals surface area (Å²) in [5.74, 6) is 0.396. The van der Waals surface area contributed by atoms with Gasteiger partial charge in [0.15, 0.2) is 0 Å². The number of nitriles is 1. The molecule has 1 saturated carbocycles. The van der Waals surface area contributed by atoms with Gasteiger partial charge in [0.05, 0.1) is 11.0 Å². The van der Waals surface area contributed by atoms with E-state index in [4.69, 9.17) is 15.7 Å². The number of nitro groups is 1. The lowest BCUT2D eigenvalue weighted by molar-refractivity contribution is -0.385. The Labute approximate surface area is 110 Å². The normalized spacial score (nSPS) is 22.5. The number of ether oxygens (including phenoxy) is 1.